The predicted molar refractivity (Wildman–Crippen MR) is 114 cm³/mol. The molecular weight excluding hydrogens is 378 g/mol. The van der Waals surface area contributed by atoms with Crippen LogP contribution in [0.25, 0.3) is 0 Å². The molecule has 1 heterocycles. The van der Waals surface area contributed by atoms with Gasteiger partial charge in [-0.25, -0.2) is 4.98 Å². The van der Waals surface area contributed by atoms with E-state index in [1.54, 1.807) is 0 Å². The number of aryl methyl sites for hydroxylation is 1. The second kappa shape index (κ2) is 11.1. The fraction of sp³-hybridized carbons (Fsp3) is 0.450. The van der Waals surface area contributed by atoms with Crippen LogP contribution in [0, 0.1) is 6.92 Å². The first kappa shape index (κ1) is 21.4. The standard InChI is InChI=1S/C20H27N3O2S2/c1-4-10-23(11-5-2)19(25)12-17-13-26-20(22-17)27-14-18(24)21-16-8-6-15(3)7-9-16/h6-9,13H,4-5,10-12,14H2,1-3H3,(H,21,24). The summed E-state index contributed by atoms with van der Waals surface area (Å²) in [6.07, 6.45) is 2.24. The summed E-state index contributed by atoms with van der Waals surface area (Å²) in [6, 6.07) is 7.72. The molecule has 0 fully saturated rings. The van der Waals surface area contributed by atoms with Gasteiger partial charge in [0.15, 0.2) is 4.34 Å². The van der Waals surface area contributed by atoms with Crippen molar-refractivity contribution in [3.8, 4) is 0 Å². The van der Waals surface area contributed by atoms with Crippen LogP contribution in [0.4, 0.5) is 5.69 Å². The van der Waals surface area contributed by atoms with Crippen LogP contribution in [0.1, 0.15) is 37.9 Å². The molecule has 2 amide bonds. The van der Waals surface area contributed by atoms with E-state index in [0.29, 0.717) is 12.2 Å². The maximum Gasteiger partial charge on any atom is 0.234 e. The third kappa shape index (κ3) is 7.34. The number of carbonyl (C=O) groups is 2. The Kier molecular flexibility index (Phi) is 8.81. The molecule has 0 atom stereocenters. The fourth-order valence-electron chi connectivity index (χ4n) is 2.56. The molecular formula is C20H27N3O2S2. The Morgan fingerprint density at radius 1 is 1.15 bits per heavy atom. The number of benzene rings is 1. The first-order valence-corrected chi connectivity index (χ1v) is 11.1. The third-order valence-electron chi connectivity index (χ3n) is 3.86. The molecule has 0 saturated heterocycles. The summed E-state index contributed by atoms with van der Waals surface area (Å²) in [5.74, 6) is 0.360. The highest BCUT2D eigenvalue weighted by Crippen LogP contribution is 2.23. The molecule has 0 radical (unpaired) electrons. The van der Waals surface area contributed by atoms with Gasteiger partial charge in [-0.15, -0.1) is 11.3 Å². The van der Waals surface area contributed by atoms with E-state index in [9.17, 15) is 9.59 Å². The minimum absolute atomic E-state index is 0.0613. The second-order valence-electron chi connectivity index (χ2n) is 6.37. The van der Waals surface area contributed by atoms with Crippen LogP contribution >= 0.6 is 23.1 Å². The van der Waals surface area contributed by atoms with Gasteiger partial charge in [0.2, 0.25) is 11.8 Å². The van der Waals surface area contributed by atoms with Gasteiger partial charge in [-0.2, -0.15) is 0 Å². The lowest BCUT2D eigenvalue weighted by molar-refractivity contribution is -0.130. The number of nitrogens with zero attached hydrogens (tertiary/aromatic N) is 2. The van der Waals surface area contributed by atoms with E-state index in [4.69, 9.17) is 0 Å². The van der Waals surface area contributed by atoms with Crippen molar-refractivity contribution in [2.24, 2.45) is 0 Å². The number of carbonyl (C=O) groups excluding carboxylic acids is 2. The minimum Gasteiger partial charge on any atom is -0.342 e. The van der Waals surface area contributed by atoms with Crippen molar-refractivity contribution in [3.63, 3.8) is 0 Å². The number of amides is 2. The zero-order valence-corrected chi connectivity index (χ0v) is 17.8. The normalized spacial score (nSPS) is 10.6. The summed E-state index contributed by atoms with van der Waals surface area (Å²) >= 11 is 2.88. The van der Waals surface area contributed by atoms with Crippen molar-refractivity contribution < 1.29 is 9.59 Å². The van der Waals surface area contributed by atoms with E-state index in [2.05, 4.69) is 24.1 Å². The van der Waals surface area contributed by atoms with Gasteiger partial charge in [-0.05, 0) is 31.9 Å². The van der Waals surface area contributed by atoms with Crippen molar-refractivity contribution >= 4 is 40.6 Å². The zero-order valence-electron chi connectivity index (χ0n) is 16.2. The third-order valence-corrected chi connectivity index (χ3v) is 5.93. The molecule has 146 valence electrons. The summed E-state index contributed by atoms with van der Waals surface area (Å²) in [5, 5.41) is 4.79. The number of rotatable bonds is 10. The van der Waals surface area contributed by atoms with Crippen LogP contribution in [0.3, 0.4) is 0 Å². The number of thiazole rings is 1. The van der Waals surface area contributed by atoms with E-state index in [0.717, 1.165) is 47.2 Å². The Morgan fingerprint density at radius 2 is 1.81 bits per heavy atom. The predicted octanol–water partition coefficient (Wildman–Crippen LogP) is 4.37. The topological polar surface area (TPSA) is 62.3 Å². The molecule has 0 spiro atoms. The Morgan fingerprint density at radius 3 is 2.44 bits per heavy atom. The highest BCUT2D eigenvalue weighted by molar-refractivity contribution is 8.01. The minimum atomic E-state index is -0.0613. The van der Waals surface area contributed by atoms with Gasteiger partial charge in [0.1, 0.15) is 0 Å². The molecule has 7 heteroatoms. The molecule has 2 rings (SSSR count). The molecule has 0 saturated carbocycles. The lowest BCUT2D eigenvalue weighted by atomic mass is 10.2. The summed E-state index contributed by atoms with van der Waals surface area (Å²) in [4.78, 5) is 30.9. The van der Waals surface area contributed by atoms with Crippen molar-refractivity contribution in [2.45, 2.75) is 44.4 Å². The second-order valence-corrected chi connectivity index (χ2v) is 8.45. The van der Waals surface area contributed by atoms with Gasteiger partial charge in [0, 0.05) is 24.2 Å². The SMILES string of the molecule is CCCN(CCC)C(=O)Cc1csc(SCC(=O)Nc2ccc(C)cc2)n1. The summed E-state index contributed by atoms with van der Waals surface area (Å²) in [5.41, 5.74) is 2.73. The summed E-state index contributed by atoms with van der Waals surface area (Å²) in [7, 11) is 0. The highest BCUT2D eigenvalue weighted by Gasteiger charge is 2.15. The average molecular weight is 406 g/mol. The van der Waals surface area contributed by atoms with Crippen molar-refractivity contribution in [3.05, 3.63) is 40.9 Å². The van der Waals surface area contributed by atoms with Gasteiger partial charge in [0.25, 0.3) is 0 Å². The molecule has 2 aromatic rings. The Labute approximate surface area is 169 Å². The zero-order chi connectivity index (χ0) is 19.6. The Hall–Kier alpha value is -1.86. The Bertz CT molecular complexity index is 738. The maximum absolute atomic E-state index is 12.4. The van der Waals surface area contributed by atoms with Gasteiger partial charge in [-0.1, -0.05) is 43.3 Å². The highest BCUT2D eigenvalue weighted by atomic mass is 32.2. The number of anilines is 1. The van der Waals surface area contributed by atoms with Crippen LogP contribution in [-0.2, 0) is 16.0 Å². The molecule has 1 N–H and O–H groups in total. The number of nitrogens with one attached hydrogen (secondary N) is 1. The largest absolute Gasteiger partial charge is 0.342 e. The van der Waals surface area contributed by atoms with E-state index < -0.39 is 0 Å². The van der Waals surface area contributed by atoms with Gasteiger partial charge >= 0.3 is 0 Å². The first-order chi connectivity index (χ1) is 13.0. The molecule has 27 heavy (non-hydrogen) atoms. The van der Waals surface area contributed by atoms with Gasteiger partial charge in [-0.3, -0.25) is 9.59 Å². The van der Waals surface area contributed by atoms with Gasteiger partial charge < -0.3 is 10.2 Å². The van der Waals surface area contributed by atoms with Crippen molar-refractivity contribution in [2.75, 3.05) is 24.2 Å². The smallest absolute Gasteiger partial charge is 0.234 e. The molecule has 0 aliphatic heterocycles. The van der Waals surface area contributed by atoms with E-state index >= 15 is 0 Å². The van der Waals surface area contributed by atoms with Crippen LogP contribution in [0.2, 0.25) is 0 Å². The average Bonchev–Trinajstić information content (AvgIpc) is 3.09. The molecule has 0 bridgehead atoms. The lowest BCUT2D eigenvalue weighted by Crippen LogP contribution is -2.33. The van der Waals surface area contributed by atoms with Gasteiger partial charge in [0.05, 0.1) is 17.9 Å². The molecule has 5 nitrogen and oxygen atoms in total. The van der Waals surface area contributed by atoms with Crippen molar-refractivity contribution in [1.29, 1.82) is 0 Å². The van der Waals surface area contributed by atoms with E-state index in [1.807, 2.05) is 41.5 Å². The Balaban J connectivity index is 1.81. The van der Waals surface area contributed by atoms with Crippen LogP contribution in [0.5, 0.6) is 0 Å². The lowest BCUT2D eigenvalue weighted by Gasteiger charge is -2.20. The molecule has 1 aromatic carbocycles. The number of hydrogen-bond donors (Lipinski definition) is 1. The van der Waals surface area contributed by atoms with Crippen LogP contribution in [0.15, 0.2) is 34.0 Å². The van der Waals surface area contributed by atoms with E-state index in [1.165, 1.54) is 23.1 Å². The summed E-state index contributed by atoms with van der Waals surface area (Å²) in [6.45, 7) is 7.75. The number of hydrogen-bond acceptors (Lipinski definition) is 5. The van der Waals surface area contributed by atoms with Crippen LogP contribution in [-0.4, -0.2) is 40.5 Å². The molecule has 0 aliphatic rings. The molecule has 1 aromatic heterocycles. The van der Waals surface area contributed by atoms with Crippen molar-refractivity contribution in [1.82, 2.24) is 9.88 Å². The van der Waals surface area contributed by atoms with Crippen LogP contribution < -0.4 is 5.32 Å². The first-order valence-electron chi connectivity index (χ1n) is 9.23. The quantitative estimate of drug-likeness (QED) is 0.596. The molecule has 0 unspecified atom stereocenters. The summed E-state index contributed by atoms with van der Waals surface area (Å²) < 4.78 is 0.814. The number of thioether (sulfide) groups is 1. The maximum atomic E-state index is 12.4. The molecule has 0 aliphatic carbocycles. The monoisotopic (exact) mass is 405 g/mol. The number of aromatic nitrogens is 1. The fourth-order valence-corrected chi connectivity index (χ4v) is 4.21. The van der Waals surface area contributed by atoms with E-state index in [-0.39, 0.29) is 11.8 Å².